The number of rotatable bonds is 4. The zero-order chi connectivity index (χ0) is 13.4. The van der Waals surface area contributed by atoms with Gasteiger partial charge in [0.2, 0.25) is 0 Å². The molecule has 2 saturated heterocycles. The number of hydrogen-bond donors (Lipinski definition) is 1. The van der Waals surface area contributed by atoms with Crippen LogP contribution in [0.25, 0.3) is 0 Å². The van der Waals surface area contributed by atoms with Crippen molar-refractivity contribution in [1.82, 2.24) is 9.80 Å². The lowest BCUT2D eigenvalue weighted by molar-refractivity contribution is 0.110. The van der Waals surface area contributed by atoms with Gasteiger partial charge < -0.3 is 10.6 Å². The van der Waals surface area contributed by atoms with E-state index in [9.17, 15) is 0 Å². The second-order valence-corrected chi connectivity index (χ2v) is 6.78. The summed E-state index contributed by atoms with van der Waals surface area (Å²) in [5, 5.41) is 0. The summed E-state index contributed by atoms with van der Waals surface area (Å²) in [5.41, 5.74) is 6.99. The topological polar surface area (TPSA) is 32.5 Å². The molecule has 0 radical (unpaired) electrons. The number of likely N-dealkylation sites (tertiary alicyclic amines) is 2. The molecule has 2 rings (SSSR count). The van der Waals surface area contributed by atoms with Crippen LogP contribution in [-0.4, -0.2) is 54.6 Å². The molecule has 3 heteroatoms. The third-order valence-electron chi connectivity index (χ3n) is 5.96. The van der Waals surface area contributed by atoms with Crippen molar-refractivity contribution < 1.29 is 0 Å². The van der Waals surface area contributed by atoms with E-state index in [1.54, 1.807) is 0 Å². The van der Waals surface area contributed by atoms with Crippen LogP contribution in [0.1, 0.15) is 46.5 Å². The monoisotopic (exact) mass is 253 g/mol. The maximum atomic E-state index is 6.18. The van der Waals surface area contributed by atoms with Crippen molar-refractivity contribution in [1.29, 1.82) is 0 Å². The van der Waals surface area contributed by atoms with Gasteiger partial charge in [-0.05, 0) is 51.6 Å². The molecule has 3 nitrogen and oxygen atoms in total. The maximum absolute atomic E-state index is 6.18. The van der Waals surface area contributed by atoms with Gasteiger partial charge >= 0.3 is 0 Å². The number of hydrogen-bond acceptors (Lipinski definition) is 3. The molecule has 2 heterocycles. The number of nitrogens with two attached hydrogens (primary N) is 1. The molecule has 2 aliphatic heterocycles. The van der Waals surface area contributed by atoms with E-state index >= 15 is 0 Å². The average molecular weight is 253 g/mol. The Balaban J connectivity index is 2.12. The fourth-order valence-corrected chi connectivity index (χ4v) is 4.06. The fraction of sp³-hybridized carbons (Fsp3) is 1.00. The van der Waals surface area contributed by atoms with Crippen LogP contribution in [0.3, 0.4) is 0 Å². The van der Waals surface area contributed by atoms with Crippen molar-refractivity contribution in [2.45, 2.75) is 58.0 Å². The molecule has 106 valence electrons. The summed E-state index contributed by atoms with van der Waals surface area (Å²) in [6.45, 7) is 11.5. The third kappa shape index (κ3) is 2.21. The van der Waals surface area contributed by atoms with Crippen molar-refractivity contribution >= 4 is 0 Å². The summed E-state index contributed by atoms with van der Waals surface area (Å²) >= 11 is 0. The Morgan fingerprint density at radius 2 is 1.89 bits per heavy atom. The lowest BCUT2D eigenvalue weighted by atomic mass is 9.81. The quantitative estimate of drug-likeness (QED) is 0.831. The van der Waals surface area contributed by atoms with Crippen LogP contribution in [0.15, 0.2) is 0 Å². The van der Waals surface area contributed by atoms with E-state index in [1.807, 2.05) is 0 Å². The smallest absolute Gasteiger partial charge is 0.0473 e. The molecule has 0 aliphatic carbocycles. The van der Waals surface area contributed by atoms with Gasteiger partial charge in [0.1, 0.15) is 0 Å². The van der Waals surface area contributed by atoms with Crippen LogP contribution in [0.4, 0.5) is 0 Å². The van der Waals surface area contributed by atoms with Crippen molar-refractivity contribution in [3.8, 4) is 0 Å². The Bertz CT molecular complexity index is 275. The van der Waals surface area contributed by atoms with Gasteiger partial charge in [-0.3, -0.25) is 4.90 Å². The summed E-state index contributed by atoms with van der Waals surface area (Å²) in [6.07, 6.45) is 5.22. The highest BCUT2D eigenvalue weighted by molar-refractivity contribution is 5.06. The zero-order valence-corrected chi connectivity index (χ0v) is 12.7. The zero-order valence-electron chi connectivity index (χ0n) is 12.7. The lowest BCUT2D eigenvalue weighted by Gasteiger charge is -2.39. The van der Waals surface area contributed by atoms with Crippen LogP contribution in [0.2, 0.25) is 0 Å². The van der Waals surface area contributed by atoms with Crippen molar-refractivity contribution in [3.05, 3.63) is 0 Å². The van der Waals surface area contributed by atoms with Gasteiger partial charge in [-0.2, -0.15) is 0 Å². The van der Waals surface area contributed by atoms with Gasteiger partial charge in [-0.15, -0.1) is 0 Å². The Labute approximate surface area is 113 Å². The minimum Gasteiger partial charge on any atom is -0.329 e. The van der Waals surface area contributed by atoms with Gasteiger partial charge in [-0.25, -0.2) is 0 Å². The SMILES string of the molecule is CCC1(CC)CCN(C2(CN)CC(C)N(C)C2)C1. The Morgan fingerprint density at radius 1 is 1.22 bits per heavy atom. The molecular formula is C15H31N3. The molecular weight excluding hydrogens is 222 g/mol. The van der Waals surface area contributed by atoms with Gasteiger partial charge in [0, 0.05) is 31.2 Å². The van der Waals surface area contributed by atoms with Crippen molar-refractivity contribution in [2.75, 3.05) is 33.2 Å². The first-order valence-electron chi connectivity index (χ1n) is 7.66. The molecule has 0 bridgehead atoms. The largest absolute Gasteiger partial charge is 0.329 e. The molecule has 2 unspecified atom stereocenters. The molecule has 0 aromatic carbocycles. The van der Waals surface area contributed by atoms with Crippen molar-refractivity contribution in [2.24, 2.45) is 11.1 Å². The molecule has 0 aromatic heterocycles. The summed E-state index contributed by atoms with van der Waals surface area (Å²) in [6, 6.07) is 0.673. The highest BCUT2D eigenvalue weighted by Crippen LogP contribution is 2.42. The second-order valence-electron chi connectivity index (χ2n) is 6.78. The highest BCUT2D eigenvalue weighted by atomic mass is 15.3. The standard InChI is InChI=1S/C15H31N3/c1-5-14(6-2)7-8-18(11-14)15(10-16)9-13(3)17(4)12-15/h13H,5-12,16H2,1-4H3. The Morgan fingerprint density at radius 3 is 2.28 bits per heavy atom. The molecule has 0 saturated carbocycles. The van der Waals surface area contributed by atoms with Gasteiger partial charge in [0.05, 0.1) is 0 Å². The summed E-state index contributed by atoms with van der Waals surface area (Å²) in [7, 11) is 2.24. The number of likely N-dealkylation sites (N-methyl/N-ethyl adjacent to an activating group) is 1. The molecule has 0 aromatic rings. The van der Waals surface area contributed by atoms with E-state index in [4.69, 9.17) is 5.73 Å². The molecule has 2 atom stereocenters. The maximum Gasteiger partial charge on any atom is 0.0473 e. The highest BCUT2D eigenvalue weighted by Gasteiger charge is 2.48. The summed E-state index contributed by atoms with van der Waals surface area (Å²) in [5.74, 6) is 0. The predicted molar refractivity (Wildman–Crippen MR) is 77.7 cm³/mol. The van der Waals surface area contributed by atoms with Crippen LogP contribution >= 0.6 is 0 Å². The van der Waals surface area contributed by atoms with E-state index in [-0.39, 0.29) is 5.54 Å². The van der Waals surface area contributed by atoms with E-state index in [0.29, 0.717) is 11.5 Å². The predicted octanol–water partition coefficient (Wildman–Crippen LogP) is 1.92. The molecule has 2 aliphatic rings. The van der Waals surface area contributed by atoms with E-state index in [0.717, 1.165) is 13.1 Å². The van der Waals surface area contributed by atoms with Crippen LogP contribution in [-0.2, 0) is 0 Å². The number of nitrogens with zero attached hydrogens (tertiary/aromatic N) is 2. The van der Waals surface area contributed by atoms with Gasteiger partial charge in [0.15, 0.2) is 0 Å². The first kappa shape index (κ1) is 14.3. The molecule has 18 heavy (non-hydrogen) atoms. The minimum absolute atomic E-state index is 0.250. The first-order chi connectivity index (χ1) is 8.51. The fourth-order valence-electron chi connectivity index (χ4n) is 4.06. The van der Waals surface area contributed by atoms with E-state index < -0.39 is 0 Å². The second kappa shape index (κ2) is 5.10. The Kier molecular flexibility index (Phi) is 4.05. The Hall–Kier alpha value is -0.120. The van der Waals surface area contributed by atoms with E-state index in [1.165, 1.54) is 38.8 Å². The van der Waals surface area contributed by atoms with Gasteiger partial charge in [0.25, 0.3) is 0 Å². The lowest BCUT2D eigenvalue weighted by Crippen LogP contribution is -2.55. The summed E-state index contributed by atoms with van der Waals surface area (Å²) in [4.78, 5) is 5.20. The molecule has 2 N–H and O–H groups in total. The normalized spacial score (nSPS) is 37.5. The van der Waals surface area contributed by atoms with Crippen LogP contribution in [0.5, 0.6) is 0 Å². The van der Waals surface area contributed by atoms with Crippen LogP contribution < -0.4 is 5.73 Å². The minimum atomic E-state index is 0.250. The van der Waals surface area contributed by atoms with E-state index in [2.05, 4.69) is 37.6 Å². The van der Waals surface area contributed by atoms with Crippen LogP contribution in [0, 0.1) is 5.41 Å². The average Bonchev–Trinajstić information content (AvgIpc) is 2.94. The van der Waals surface area contributed by atoms with Gasteiger partial charge in [-0.1, -0.05) is 13.8 Å². The van der Waals surface area contributed by atoms with Crippen molar-refractivity contribution in [3.63, 3.8) is 0 Å². The third-order valence-corrected chi connectivity index (χ3v) is 5.96. The molecule has 0 amide bonds. The molecule has 0 spiro atoms. The first-order valence-corrected chi connectivity index (χ1v) is 7.66. The summed E-state index contributed by atoms with van der Waals surface area (Å²) < 4.78 is 0. The molecule has 2 fully saturated rings.